The molecule has 3 aromatic heterocycles. The number of nitrogens with zero attached hydrogens (tertiary/aromatic N) is 7. The van der Waals surface area contributed by atoms with Crippen LogP contribution in [0.4, 0.5) is 4.39 Å². The van der Waals surface area contributed by atoms with Gasteiger partial charge in [-0.1, -0.05) is 16.4 Å². The van der Waals surface area contributed by atoms with E-state index in [-0.39, 0.29) is 18.5 Å². The lowest BCUT2D eigenvalue weighted by Gasteiger charge is -2.08. The Kier molecular flexibility index (Phi) is 4.75. The first kappa shape index (κ1) is 18.5. The van der Waals surface area contributed by atoms with Crippen molar-refractivity contribution in [3.63, 3.8) is 0 Å². The first-order valence-corrected chi connectivity index (χ1v) is 9.68. The van der Waals surface area contributed by atoms with Crippen molar-refractivity contribution in [2.75, 3.05) is 13.1 Å². The van der Waals surface area contributed by atoms with Crippen LogP contribution in [0.5, 0.6) is 0 Å². The van der Waals surface area contributed by atoms with Gasteiger partial charge in [0.15, 0.2) is 5.65 Å². The number of oxime groups is 1. The van der Waals surface area contributed by atoms with E-state index in [2.05, 4.69) is 35.7 Å². The normalized spacial score (nSPS) is 17.1. The molecule has 0 amide bonds. The molecule has 1 aliphatic rings. The molecule has 30 heavy (non-hydrogen) atoms. The van der Waals surface area contributed by atoms with Crippen molar-refractivity contribution >= 4 is 27.9 Å². The number of benzene rings is 1. The lowest BCUT2D eigenvalue weighted by atomic mass is 10.1. The van der Waals surface area contributed by atoms with Gasteiger partial charge >= 0.3 is 0 Å². The van der Waals surface area contributed by atoms with E-state index in [9.17, 15) is 4.39 Å². The van der Waals surface area contributed by atoms with Gasteiger partial charge in [0.25, 0.3) is 0 Å². The smallest absolute Gasteiger partial charge is 0.221 e. The molecule has 4 heterocycles. The van der Waals surface area contributed by atoms with Gasteiger partial charge in [-0.15, -0.1) is 5.10 Å². The third kappa shape index (κ3) is 3.57. The molecule has 1 aliphatic heterocycles. The second kappa shape index (κ2) is 7.71. The molecule has 1 N–H and O–H groups in total. The lowest BCUT2D eigenvalue weighted by molar-refractivity contribution is 0.0735. The minimum absolute atomic E-state index is 0.0641. The fraction of sp³-hybridized carbons (Fsp3) is 0.300. The van der Waals surface area contributed by atoms with Gasteiger partial charge < -0.3 is 10.2 Å². The van der Waals surface area contributed by atoms with Crippen LogP contribution in [0.2, 0.25) is 0 Å². The fourth-order valence-corrected chi connectivity index (χ4v) is 3.38. The maximum Gasteiger partial charge on any atom is 0.221 e. The van der Waals surface area contributed by atoms with E-state index in [4.69, 9.17) is 4.84 Å². The van der Waals surface area contributed by atoms with E-state index in [1.807, 2.05) is 19.1 Å². The van der Waals surface area contributed by atoms with Crippen molar-refractivity contribution in [1.29, 1.82) is 0 Å². The summed E-state index contributed by atoms with van der Waals surface area (Å²) in [6, 6.07) is 6.90. The van der Waals surface area contributed by atoms with E-state index in [0.717, 1.165) is 24.9 Å². The molecule has 1 saturated heterocycles. The summed E-state index contributed by atoms with van der Waals surface area (Å²) in [6.45, 7) is 3.69. The molecule has 9 nitrogen and oxygen atoms in total. The van der Waals surface area contributed by atoms with Gasteiger partial charge in [-0.25, -0.2) is 19.0 Å². The largest absolute Gasteiger partial charge is 0.391 e. The second-order valence-corrected chi connectivity index (χ2v) is 7.19. The first-order chi connectivity index (χ1) is 14.7. The second-order valence-electron chi connectivity index (χ2n) is 7.19. The van der Waals surface area contributed by atoms with Crippen LogP contribution in [0.25, 0.3) is 22.2 Å². The zero-order valence-electron chi connectivity index (χ0n) is 16.3. The van der Waals surface area contributed by atoms with Gasteiger partial charge in [0.2, 0.25) is 5.65 Å². The summed E-state index contributed by atoms with van der Waals surface area (Å²) < 4.78 is 16.1. The number of nitrogens with one attached hydrogen (secondary N) is 1. The van der Waals surface area contributed by atoms with Crippen molar-refractivity contribution in [2.45, 2.75) is 26.0 Å². The van der Waals surface area contributed by atoms with Crippen molar-refractivity contribution in [3.05, 3.63) is 53.7 Å². The van der Waals surface area contributed by atoms with Gasteiger partial charge in [0.05, 0.1) is 18.3 Å². The maximum absolute atomic E-state index is 14.6. The van der Waals surface area contributed by atoms with Crippen LogP contribution in [0.15, 0.2) is 41.8 Å². The Morgan fingerprint density at radius 1 is 1.37 bits per heavy atom. The van der Waals surface area contributed by atoms with Gasteiger partial charge in [0, 0.05) is 36.2 Å². The van der Waals surface area contributed by atoms with Crippen LogP contribution in [-0.4, -0.2) is 54.9 Å². The molecule has 0 spiro atoms. The molecule has 10 heteroatoms. The highest BCUT2D eigenvalue weighted by molar-refractivity contribution is 5.97. The number of halogens is 1. The lowest BCUT2D eigenvalue weighted by Crippen LogP contribution is -2.15. The average molecular weight is 406 g/mol. The van der Waals surface area contributed by atoms with E-state index in [0.29, 0.717) is 33.8 Å². The molecule has 1 atom stereocenters. The van der Waals surface area contributed by atoms with Gasteiger partial charge in [-0.05, 0) is 25.6 Å². The molecule has 1 aromatic carbocycles. The molecule has 0 saturated carbocycles. The summed E-state index contributed by atoms with van der Waals surface area (Å²) in [6.07, 6.45) is 4.21. The summed E-state index contributed by atoms with van der Waals surface area (Å²) in [5.74, 6) is -0.356. The van der Waals surface area contributed by atoms with E-state index >= 15 is 0 Å². The maximum atomic E-state index is 14.6. The van der Waals surface area contributed by atoms with Crippen molar-refractivity contribution < 1.29 is 9.23 Å². The van der Waals surface area contributed by atoms with Crippen LogP contribution in [0.1, 0.15) is 24.6 Å². The molecule has 0 unspecified atom stereocenters. The Morgan fingerprint density at radius 2 is 2.30 bits per heavy atom. The zero-order chi connectivity index (χ0) is 20.5. The quantitative estimate of drug-likeness (QED) is 0.400. The monoisotopic (exact) mass is 406 g/mol. The summed E-state index contributed by atoms with van der Waals surface area (Å²) in [7, 11) is 0. The minimum atomic E-state index is -0.356. The molecule has 0 aliphatic carbocycles. The molecule has 5 rings (SSSR count). The van der Waals surface area contributed by atoms with Crippen LogP contribution >= 0.6 is 0 Å². The Labute approximate surface area is 171 Å². The first-order valence-electron chi connectivity index (χ1n) is 9.68. The van der Waals surface area contributed by atoms with Crippen LogP contribution < -0.4 is 5.32 Å². The molecule has 152 valence electrons. The third-order valence-electron chi connectivity index (χ3n) is 5.04. The Hall–Kier alpha value is -3.53. The number of pyridine rings is 1. The molecule has 0 bridgehead atoms. The number of rotatable bonds is 5. The van der Waals surface area contributed by atoms with E-state index < -0.39 is 0 Å². The van der Waals surface area contributed by atoms with Crippen molar-refractivity contribution in [2.24, 2.45) is 5.16 Å². The summed E-state index contributed by atoms with van der Waals surface area (Å²) in [4.78, 5) is 18.6. The summed E-state index contributed by atoms with van der Waals surface area (Å²) >= 11 is 0. The molecular formula is C20H19FN8O. The highest BCUT2D eigenvalue weighted by Crippen LogP contribution is 2.19. The zero-order valence-corrected chi connectivity index (χ0v) is 16.3. The van der Waals surface area contributed by atoms with Crippen molar-refractivity contribution in [3.8, 4) is 0 Å². The average Bonchev–Trinajstić information content (AvgIpc) is 3.42. The van der Waals surface area contributed by atoms with Crippen LogP contribution in [0.3, 0.4) is 0 Å². The topological polar surface area (TPSA) is 103 Å². The SMILES string of the molecule is CC(=NO[C@H]1CCNC1)c1cnc2nnn(Cc3cc4cccnc4cc3F)c2n1. The number of hydrogen-bond donors (Lipinski definition) is 1. The highest BCUT2D eigenvalue weighted by atomic mass is 19.1. The molecular weight excluding hydrogens is 387 g/mol. The molecule has 1 fully saturated rings. The van der Waals surface area contributed by atoms with Crippen molar-refractivity contribution in [1.82, 2.24) is 35.3 Å². The molecule has 0 radical (unpaired) electrons. The van der Waals surface area contributed by atoms with E-state index in [1.165, 1.54) is 10.7 Å². The summed E-state index contributed by atoms with van der Waals surface area (Å²) in [5.41, 5.74) is 3.07. The van der Waals surface area contributed by atoms with Gasteiger partial charge in [0.1, 0.15) is 23.3 Å². The Morgan fingerprint density at radius 3 is 3.17 bits per heavy atom. The number of fused-ring (bicyclic) bond motifs is 2. The third-order valence-corrected chi connectivity index (χ3v) is 5.04. The predicted octanol–water partition coefficient (Wildman–Crippen LogP) is 2.06. The van der Waals surface area contributed by atoms with Gasteiger partial charge in [-0.3, -0.25) is 4.98 Å². The van der Waals surface area contributed by atoms with Crippen LogP contribution in [-0.2, 0) is 11.4 Å². The van der Waals surface area contributed by atoms with E-state index in [1.54, 1.807) is 18.5 Å². The standard InChI is InChI=1S/C20H19FN8O/c1-12(27-30-15-4-6-22-9-15)18-10-24-19-20(25-18)29(28-26-19)11-14-7-13-3-2-5-23-17(13)8-16(14)21/h2-3,5,7-8,10,15,22H,4,6,9,11H2,1H3/t15-/m0/s1. The minimum Gasteiger partial charge on any atom is -0.391 e. The summed E-state index contributed by atoms with van der Waals surface area (Å²) in [5, 5.41) is 16.4. The fourth-order valence-electron chi connectivity index (χ4n) is 3.38. The molecule has 4 aromatic rings. The Balaban J connectivity index is 1.44. The predicted molar refractivity (Wildman–Crippen MR) is 108 cm³/mol. The highest BCUT2D eigenvalue weighted by Gasteiger charge is 2.17. The Bertz CT molecular complexity index is 1250. The number of aromatic nitrogens is 6. The number of hydrogen-bond acceptors (Lipinski definition) is 8. The van der Waals surface area contributed by atoms with Crippen LogP contribution in [0, 0.1) is 5.82 Å². The van der Waals surface area contributed by atoms with Gasteiger partial charge in [-0.2, -0.15) is 0 Å².